The van der Waals surface area contributed by atoms with Gasteiger partial charge in [-0.3, -0.25) is 14.9 Å². The van der Waals surface area contributed by atoms with Crippen molar-refractivity contribution in [2.24, 2.45) is 0 Å². The lowest BCUT2D eigenvalue weighted by Gasteiger charge is -2.16. The Morgan fingerprint density at radius 1 is 1.08 bits per heavy atom. The molecule has 26 heavy (non-hydrogen) atoms. The number of sulfonamides is 1. The molecule has 1 saturated heterocycles. The van der Waals surface area contributed by atoms with E-state index >= 15 is 0 Å². The molecule has 1 aliphatic heterocycles. The standard InChI is InChI=1S/C17H17N3O5S/c21-17(18-14-6-8-15(9-7-14)20(22)23)13-4-3-5-16(12-13)26(24,25)19-10-1-2-11-19/h3-9,12H,1-2,10-11H2,(H,18,21). The molecule has 136 valence electrons. The maximum atomic E-state index is 12.6. The lowest BCUT2D eigenvalue weighted by atomic mass is 10.2. The topological polar surface area (TPSA) is 110 Å². The molecule has 1 fully saturated rings. The van der Waals surface area contributed by atoms with Gasteiger partial charge in [0.1, 0.15) is 0 Å². The van der Waals surface area contributed by atoms with Crippen molar-refractivity contribution in [2.75, 3.05) is 18.4 Å². The van der Waals surface area contributed by atoms with E-state index in [1.807, 2.05) is 0 Å². The first kappa shape index (κ1) is 18.0. The molecule has 1 aliphatic rings. The van der Waals surface area contributed by atoms with E-state index in [1.54, 1.807) is 0 Å². The van der Waals surface area contributed by atoms with Crippen LogP contribution in [-0.2, 0) is 10.0 Å². The summed E-state index contributed by atoms with van der Waals surface area (Å²) in [4.78, 5) is 22.6. The summed E-state index contributed by atoms with van der Waals surface area (Å²) >= 11 is 0. The molecule has 0 aliphatic carbocycles. The molecule has 1 heterocycles. The predicted octanol–water partition coefficient (Wildman–Crippen LogP) is 2.63. The SMILES string of the molecule is O=C(Nc1ccc([N+](=O)[O-])cc1)c1cccc(S(=O)(=O)N2CCCC2)c1. The van der Waals surface area contributed by atoms with Crippen LogP contribution in [0.3, 0.4) is 0 Å². The fourth-order valence-electron chi connectivity index (χ4n) is 2.75. The monoisotopic (exact) mass is 375 g/mol. The zero-order chi connectivity index (χ0) is 18.7. The fourth-order valence-corrected chi connectivity index (χ4v) is 4.31. The van der Waals surface area contributed by atoms with Crippen LogP contribution in [0, 0.1) is 10.1 Å². The smallest absolute Gasteiger partial charge is 0.269 e. The number of nitrogens with zero attached hydrogens (tertiary/aromatic N) is 2. The molecule has 3 rings (SSSR count). The molecule has 8 nitrogen and oxygen atoms in total. The highest BCUT2D eigenvalue weighted by molar-refractivity contribution is 7.89. The molecule has 0 bridgehead atoms. The zero-order valence-electron chi connectivity index (χ0n) is 13.8. The van der Waals surface area contributed by atoms with Gasteiger partial charge in [0.2, 0.25) is 10.0 Å². The number of benzene rings is 2. The quantitative estimate of drug-likeness (QED) is 0.638. The third-order valence-electron chi connectivity index (χ3n) is 4.14. The van der Waals surface area contributed by atoms with Gasteiger partial charge in [-0.25, -0.2) is 8.42 Å². The van der Waals surface area contributed by atoms with Crippen molar-refractivity contribution in [2.45, 2.75) is 17.7 Å². The first-order valence-corrected chi connectivity index (χ1v) is 9.48. The van der Waals surface area contributed by atoms with Crippen LogP contribution < -0.4 is 5.32 Å². The first-order valence-electron chi connectivity index (χ1n) is 8.04. The highest BCUT2D eigenvalue weighted by Crippen LogP contribution is 2.22. The van der Waals surface area contributed by atoms with Crippen molar-refractivity contribution >= 4 is 27.3 Å². The Kier molecular flexibility index (Phi) is 5.01. The van der Waals surface area contributed by atoms with E-state index in [0.717, 1.165) is 12.8 Å². The summed E-state index contributed by atoms with van der Waals surface area (Å²) in [6, 6.07) is 11.2. The Bertz CT molecular complexity index is 935. The van der Waals surface area contributed by atoms with Crippen LogP contribution >= 0.6 is 0 Å². The summed E-state index contributed by atoms with van der Waals surface area (Å²) in [5.74, 6) is -0.489. The molecule has 0 radical (unpaired) electrons. The van der Waals surface area contributed by atoms with Crippen LogP contribution in [0.1, 0.15) is 23.2 Å². The number of non-ortho nitro benzene ring substituents is 1. The van der Waals surface area contributed by atoms with Gasteiger partial charge in [0.25, 0.3) is 11.6 Å². The maximum absolute atomic E-state index is 12.6. The number of rotatable bonds is 5. The zero-order valence-corrected chi connectivity index (χ0v) is 14.6. The number of nitro benzene ring substituents is 1. The summed E-state index contributed by atoms with van der Waals surface area (Å²) in [6.45, 7) is 0.975. The van der Waals surface area contributed by atoms with Gasteiger partial charge in [-0.15, -0.1) is 0 Å². The van der Waals surface area contributed by atoms with Crippen molar-refractivity contribution in [3.05, 3.63) is 64.2 Å². The van der Waals surface area contributed by atoms with Crippen LogP contribution in [0.25, 0.3) is 0 Å². The van der Waals surface area contributed by atoms with Gasteiger partial charge in [0.15, 0.2) is 0 Å². The lowest BCUT2D eigenvalue weighted by molar-refractivity contribution is -0.384. The number of hydrogen-bond donors (Lipinski definition) is 1. The van der Waals surface area contributed by atoms with Crippen LogP contribution in [0.2, 0.25) is 0 Å². The van der Waals surface area contributed by atoms with Crippen molar-refractivity contribution in [1.29, 1.82) is 0 Å². The average Bonchev–Trinajstić information content (AvgIpc) is 3.18. The third-order valence-corrected chi connectivity index (χ3v) is 6.03. The van der Waals surface area contributed by atoms with E-state index in [4.69, 9.17) is 0 Å². The summed E-state index contributed by atoms with van der Waals surface area (Å²) in [6.07, 6.45) is 1.67. The Morgan fingerprint density at radius 3 is 2.35 bits per heavy atom. The molecule has 2 aromatic carbocycles. The molecule has 0 spiro atoms. The Balaban J connectivity index is 1.79. The molecule has 0 aromatic heterocycles. The molecule has 0 atom stereocenters. The molecule has 0 unspecified atom stereocenters. The molecule has 1 N–H and O–H groups in total. The predicted molar refractivity (Wildman–Crippen MR) is 95.5 cm³/mol. The average molecular weight is 375 g/mol. The minimum absolute atomic E-state index is 0.0794. The first-order chi connectivity index (χ1) is 12.4. The molecule has 2 aromatic rings. The van der Waals surface area contributed by atoms with E-state index in [1.165, 1.54) is 52.8 Å². The number of nitro groups is 1. The summed E-state index contributed by atoms with van der Waals surface area (Å²) in [5.41, 5.74) is 0.499. The van der Waals surface area contributed by atoms with Gasteiger partial charge in [-0.05, 0) is 43.2 Å². The van der Waals surface area contributed by atoms with Crippen LogP contribution in [-0.4, -0.2) is 36.6 Å². The van der Waals surface area contributed by atoms with Crippen molar-refractivity contribution < 1.29 is 18.1 Å². The van der Waals surface area contributed by atoms with E-state index in [9.17, 15) is 23.3 Å². The number of carbonyl (C=O) groups excluding carboxylic acids is 1. The van der Waals surface area contributed by atoms with Gasteiger partial charge in [0, 0.05) is 36.5 Å². The van der Waals surface area contributed by atoms with Crippen LogP contribution in [0.5, 0.6) is 0 Å². The molecule has 1 amide bonds. The lowest BCUT2D eigenvalue weighted by Crippen LogP contribution is -2.28. The van der Waals surface area contributed by atoms with Gasteiger partial charge in [0.05, 0.1) is 9.82 Å². The van der Waals surface area contributed by atoms with Gasteiger partial charge in [-0.2, -0.15) is 4.31 Å². The number of anilines is 1. The molecule has 0 saturated carbocycles. The Labute approximate surface area is 150 Å². The molecular formula is C17H17N3O5S. The maximum Gasteiger partial charge on any atom is 0.269 e. The van der Waals surface area contributed by atoms with Crippen molar-refractivity contribution in [3.63, 3.8) is 0 Å². The van der Waals surface area contributed by atoms with E-state index < -0.39 is 20.9 Å². The Hall–Kier alpha value is -2.78. The second-order valence-electron chi connectivity index (χ2n) is 5.90. The van der Waals surface area contributed by atoms with Crippen molar-refractivity contribution in [1.82, 2.24) is 4.31 Å². The number of nitrogens with one attached hydrogen (secondary N) is 1. The molecular weight excluding hydrogens is 358 g/mol. The second kappa shape index (κ2) is 7.22. The fraction of sp³-hybridized carbons (Fsp3) is 0.235. The summed E-state index contributed by atoms with van der Waals surface area (Å²) in [7, 11) is -3.60. The number of amides is 1. The minimum Gasteiger partial charge on any atom is -0.322 e. The van der Waals surface area contributed by atoms with E-state index in [0.29, 0.717) is 18.8 Å². The second-order valence-corrected chi connectivity index (χ2v) is 7.84. The van der Waals surface area contributed by atoms with Crippen LogP contribution in [0.4, 0.5) is 11.4 Å². The van der Waals surface area contributed by atoms with Crippen molar-refractivity contribution in [3.8, 4) is 0 Å². The summed E-state index contributed by atoms with van der Waals surface area (Å²) < 4.78 is 26.6. The van der Waals surface area contributed by atoms with E-state index in [-0.39, 0.29) is 16.1 Å². The number of carbonyl (C=O) groups is 1. The highest BCUT2D eigenvalue weighted by Gasteiger charge is 2.27. The third kappa shape index (κ3) is 3.73. The number of hydrogen-bond acceptors (Lipinski definition) is 5. The van der Waals surface area contributed by atoms with Crippen LogP contribution in [0.15, 0.2) is 53.4 Å². The Morgan fingerprint density at radius 2 is 1.73 bits per heavy atom. The normalized spacial score (nSPS) is 14.9. The van der Waals surface area contributed by atoms with E-state index in [2.05, 4.69) is 5.32 Å². The minimum atomic E-state index is -3.60. The van der Waals surface area contributed by atoms with Gasteiger partial charge in [-0.1, -0.05) is 6.07 Å². The largest absolute Gasteiger partial charge is 0.322 e. The summed E-state index contributed by atoms with van der Waals surface area (Å²) in [5, 5.41) is 13.3. The van der Waals surface area contributed by atoms with Gasteiger partial charge < -0.3 is 5.32 Å². The van der Waals surface area contributed by atoms with Gasteiger partial charge >= 0.3 is 0 Å². The highest BCUT2D eigenvalue weighted by atomic mass is 32.2. The molecule has 9 heteroatoms.